The highest BCUT2D eigenvalue weighted by molar-refractivity contribution is 5.78. The number of nitrogens with zero attached hydrogens (tertiary/aromatic N) is 1. The van der Waals surface area contributed by atoms with Gasteiger partial charge in [-0.05, 0) is 36.9 Å². The molecule has 1 amide bonds. The second-order valence-corrected chi connectivity index (χ2v) is 5.54. The molecule has 2 atom stereocenters. The first-order valence-corrected chi connectivity index (χ1v) is 7.06. The van der Waals surface area contributed by atoms with Gasteiger partial charge in [0.05, 0.1) is 12.5 Å². The molecular weight excluding hydrogens is 254 g/mol. The molecule has 2 unspecified atom stereocenters. The summed E-state index contributed by atoms with van der Waals surface area (Å²) in [7, 11) is 0. The van der Waals surface area contributed by atoms with E-state index in [4.69, 9.17) is 5.84 Å². The van der Waals surface area contributed by atoms with Crippen LogP contribution >= 0.6 is 0 Å². The summed E-state index contributed by atoms with van der Waals surface area (Å²) in [6, 6.07) is 7.94. The molecule has 4 N–H and O–H groups in total. The van der Waals surface area contributed by atoms with Crippen molar-refractivity contribution in [3.8, 4) is 0 Å². The molecule has 0 spiro atoms. The quantitative estimate of drug-likeness (QED) is 0.414. The predicted molar refractivity (Wildman–Crippen MR) is 77.5 cm³/mol. The topological polar surface area (TPSA) is 78.6 Å². The lowest BCUT2D eigenvalue weighted by atomic mass is 10.0. The van der Waals surface area contributed by atoms with E-state index in [0.717, 1.165) is 37.2 Å². The van der Waals surface area contributed by atoms with Crippen molar-refractivity contribution in [1.82, 2.24) is 10.3 Å². The first-order chi connectivity index (χ1) is 9.60. The van der Waals surface area contributed by atoms with Crippen LogP contribution in [0.25, 0.3) is 0 Å². The fraction of sp³-hybridized carbons (Fsp3) is 0.533. The Hall–Kier alpha value is -1.43. The third kappa shape index (κ3) is 3.79. The van der Waals surface area contributed by atoms with Crippen molar-refractivity contribution in [3.63, 3.8) is 0 Å². The van der Waals surface area contributed by atoms with Crippen molar-refractivity contribution in [3.05, 3.63) is 35.4 Å². The number of amides is 1. The van der Waals surface area contributed by atoms with E-state index in [1.165, 1.54) is 0 Å². The Labute approximate surface area is 119 Å². The zero-order valence-electron chi connectivity index (χ0n) is 11.9. The summed E-state index contributed by atoms with van der Waals surface area (Å²) in [5, 5.41) is 9.65. The van der Waals surface area contributed by atoms with Crippen LogP contribution in [0.4, 0.5) is 0 Å². The van der Waals surface area contributed by atoms with E-state index in [1.807, 2.05) is 25.1 Å². The van der Waals surface area contributed by atoms with Crippen LogP contribution < -0.4 is 11.3 Å². The van der Waals surface area contributed by atoms with Crippen molar-refractivity contribution in [2.45, 2.75) is 32.4 Å². The van der Waals surface area contributed by atoms with Crippen LogP contribution in [0.3, 0.4) is 0 Å². The number of hydrazine groups is 1. The van der Waals surface area contributed by atoms with Crippen molar-refractivity contribution < 1.29 is 9.90 Å². The zero-order valence-corrected chi connectivity index (χ0v) is 11.9. The Morgan fingerprint density at radius 3 is 2.80 bits per heavy atom. The molecule has 0 radical (unpaired) electrons. The van der Waals surface area contributed by atoms with Gasteiger partial charge in [-0.3, -0.25) is 15.1 Å². The average molecular weight is 277 g/mol. The molecule has 1 fully saturated rings. The van der Waals surface area contributed by atoms with Crippen LogP contribution in [0.15, 0.2) is 24.3 Å². The summed E-state index contributed by atoms with van der Waals surface area (Å²) in [4.78, 5) is 13.8. The van der Waals surface area contributed by atoms with Gasteiger partial charge in [-0.25, -0.2) is 5.84 Å². The summed E-state index contributed by atoms with van der Waals surface area (Å²) in [6.07, 6.45) is 1.09. The molecule has 1 aliphatic heterocycles. The van der Waals surface area contributed by atoms with E-state index in [0.29, 0.717) is 12.3 Å². The van der Waals surface area contributed by atoms with E-state index in [1.54, 1.807) is 0 Å². The van der Waals surface area contributed by atoms with Gasteiger partial charge in [0.15, 0.2) is 0 Å². The lowest BCUT2D eigenvalue weighted by Gasteiger charge is -2.19. The minimum atomic E-state index is -0.252. The fourth-order valence-electron chi connectivity index (χ4n) is 2.75. The zero-order chi connectivity index (χ0) is 14.5. The normalized spacial score (nSPS) is 20.9. The predicted octanol–water partition coefficient (Wildman–Crippen LogP) is 0.422. The molecule has 1 aliphatic rings. The van der Waals surface area contributed by atoms with Crippen LogP contribution in [0.2, 0.25) is 0 Å². The van der Waals surface area contributed by atoms with Crippen LogP contribution in [-0.4, -0.2) is 35.1 Å². The molecule has 20 heavy (non-hydrogen) atoms. The first kappa shape index (κ1) is 15.0. The maximum atomic E-state index is 11.4. The van der Waals surface area contributed by atoms with Crippen molar-refractivity contribution in [1.29, 1.82) is 0 Å². The van der Waals surface area contributed by atoms with E-state index >= 15 is 0 Å². The van der Waals surface area contributed by atoms with Gasteiger partial charge in [0.2, 0.25) is 5.91 Å². The van der Waals surface area contributed by atoms with Gasteiger partial charge in [0.25, 0.3) is 0 Å². The minimum Gasteiger partial charge on any atom is -0.393 e. The number of likely N-dealkylation sites (tertiary alicyclic amines) is 1. The summed E-state index contributed by atoms with van der Waals surface area (Å²) in [6.45, 7) is 4.58. The van der Waals surface area contributed by atoms with E-state index in [9.17, 15) is 9.90 Å². The van der Waals surface area contributed by atoms with Gasteiger partial charge in [0.1, 0.15) is 0 Å². The lowest BCUT2D eigenvalue weighted by molar-refractivity contribution is -0.120. The monoisotopic (exact) mass is 277 g/mol. The maximum absolute atomic E-state index is 11.4. The summed E-state index contributed by atoms with van der Waals surface area (Å²) >= 11 is 0. The van der Waals surface area contributed by atoms with Gasteiger partial charge < -0.3 is 5.11 Å². The molecule has 5 nitrogen and oxygen atoms in total. The number of hydrogen-bond donors (Lipinski definition) is 3. The molecule has 5 heteroatoms. The molecule has 0 saturated carbocycles. The Kier molecular flexibility index (Phi) is 5.11. The van der Waals surface area contributed by atoms with Crippen LogP contribution in [0.1, 0.15) is 24.5 Å². The second-order valence-electron chi connectivity index (χ2n) is 5.54. The van der Waals surface area contributed by atoms with Crippen molar-refractivity contribution in [2.24, 2.45) is 11.8 Å². The number of benzene rings is 1. The fourth-order valence-corrected chi connectivity index (χ4v) is 2.75. The highest BCUT2D eigenvalue weighted by Crippen LogP contribution is 2.22. The van der Waals surface area contributed by atoms with E-state index < -0.39 is 0 Å². The maximum Gasteiger partial charge on any atom is 0.238 e. The molecule has 110 valence electrons. The van der Waals surface area contributed by atoms with E-state index in [-0.39, 0.29) is 12.0 Å². The number of aliphatic hydroxyl groups excluding tert-OH is 1. The number of aliphatic hydroxyl groups is 1. The van der Waals surface area contributed by atoms with Gasteiger partial charge in [-0.1, -0.05) is 24.3 Å². The highest BCUT2D eigenvalue weighted by Gasteiger charge is 2.26. The summed E-state index contributed by atoms with van der Waals surface area (Å²) < 4.78 is 0. The molecule has 1 aromatic carbocycles. The molecule has 1 heterocycles. The number of nitrogens with two attached hydrogens (primary N) is 1. The van der Waals surface area contributed by atoms with Gasteiger partial charge in [0, 0.05) is 13.1 Å². The molecule has 0 aromatic heterocycles. The largest absolute Gasteiger partial charge is 0.393 e. The Morgan fingerprint density at radius 2 is 2.20 bits per heavy atom. The van der Waals surface area contributed by atoms with Crippen molar-refractivity contribution in [2.75, 3.05) is 13.1 Å². The smallest absolute Gasteiger partial charge is 0.238 e. The Morgan fingerprint density at radius 1 is 1.50 bits per heavy atom. The lowest BCUT2D eigenvalue weighted by Crippen LogP contribution is -2.32. The second kappa shape index (κ2) is 6.83. The van der Waals surface area contributed by atoms with Crippen LogP contribution in [0.5, 0.6) is 0 Å². The van der Waals surface area contributed by atoms with Gasteiger partial charge in [-0.2, -0.15) is 0 Å². The van der Waals surface area contributed by atoms with E-state index in [2.05, 4.69) is 16.4 Å². The molecule has 0 aliphatic carbocycles. The summed E-state index contributed by atoms with van der Waals surface area (Å²) in [5.74, 6) is 5.32. The number of carbonyl (C=O) groups is 1. The number of rotatable bonds is 5. The standard InChI is InChI=1S/C15H23N3O2/c1-11(19)13-6-7-18(9-13)10-14-5-3-2-4-12(14)8-15(20)17-16/h2-5,11,13,19H,6-10,16H2,1H3,(H,17,20). The van der Waals surface area contributed by atoms with Crippen LogP contribution in [-0.2, 0) is 17.8 Å². The summed E-state index contributed by atoms with van der Waals surface area (Å²) in [5.41, 5.74) is 4.34. The molecule has 1 aromatic rings. The third-order valence-corrected chi connectivity index (χ3v) is 4.02. The number of carbonyl (C=O) groups excluding carboxylic acids is 1. The highest BCUT2D eigenvalue weighted by atomic mass is 16.3. The Bertz CT molecular complexity index is 462. The SMILES string of the molecule is CC(O)C1CCN(Cc2ccccc2CC(=O)NN)C1. The minimum absolute atomic E-state index is 0.180. The molecular formula is C15H23N3O2. The number of hydrogen-bond acceptors (Lipinski definition) is 4. The number of nitrogens with one attached hydrogen (secondary N) is 1. The third-order valence-electron chi connectivity index (χ3n) is 4.02. The van der Waals surface area contributed by atoms with Crippen molar-refractivity contribution >= 4 is 5.91 Å². The molecule has 0 bridgehead atoms. The van der Waals surface area contributed by atoms with Gasteiger partial charge >= 0.3 is 0 Å². The Balaban J connectivity index is 2.01. The molecule has 2 rings (SSSR count). The molecule has 1 saturated heterocycles. The van der Waals surface area contributed by atoms with Gasteiger partial charge in [-0.15, -0.1) is 0 Å². The average Bonchev–Trinajstić information content (AvgIpc) is 2.89. The van der Waals surface area contributed by atoms with Crippen LogP contribution in [0, 0.1) is 5.92 Å². The first-order valence-electron chi connectivity index (χ1n) is 7.06.